The third-order valence-electron chi connectivity index (χ3n) is 3.65. The standard InChI is InChI=1S/C15H18N2/c16-13-8-10-17(11-9-13)15-7-3-5-12-4-1-2-6-14(12)15/h1-7,13H,8-11,16H2. The van der Waals surface area contributed by atoms with Gasteiger partial charge in [-0.3, -0.25) is 0 Å². The van der Waals surface area contributed by atoms with Crippen molar-refractivity contribution >= 4 is 16.5 Å². The normalized spacial score (nSPS) is 17.6. The van der Waals surface area contributed by atoms with Gasteiger partial charge < -0.3 is 10.6 Å². The molecule has 1 aliphatic rings. The third-order valence-corrected chi connectivity index (χ3v) is 3.65. The van der Waals surface area contributed by atoms with Gasteiger partial charge in [0.05, 0.1) is 0 Å². The highest BCUT2D eigenvalue weighted by Crippen LogP contribution is 2.28. The van der Waals surface area contributed by atoms with Crippen LogP contribution in [0, 0.1) is 0 Å². The number of fused-ring (bicyclic) bond motifs is 1. The van der Waals surface area contributed by atoms with E-state index < -0.39 is 0 Å². The molecule has 2 nitrogen and oxygen atoms in total. The highest BCUT2D eigenvalue weighted by atomic mass is 15.1. The number of hydrogen-bond donors (Lipinski definition) is 1. The van der Waals surface area contributed by atoms with Gasteiger partial charge in [-0.25, -0.2) is 0 Å². The van der Waals surface area contributed by atoms with Crippen LogP contribution in [0.5, 0.6) is 0 Å². The number of benzene rings is 2. The molecule has 1 heterocycles. The van der Waals surface area contributed by atoms with Crippen LogP contribution in [0.25, 0.3) is 10.8 Å². The molecule has 2 aromatic rings. The van der Waals surface area contributed by atoms with E-state index in [1.807, 2.05) is 0 Å². The van der Waals surface area contributed by atoms with E-state index in [9.17, 15) is 0 Å². The van der Waals surface area contributed by atoms with Gasteiger partial charge in [0.1, 0.15) is 0 Å². The summed E-state index contributed by atoms with van der Waals surface area (Å²) in [7, 11) is 0. The van der Waals surface area contributed by atoms with Crippen molar-refractivity contribution in [2.75, 3.05) is 18.0 Å². The second-order valence-electron chi connectivity index (χ2n) is 4.82. The summed E-state index contributed by atoms with van der Waals surface area (Å²) in [5, 5.41) is 2.67. The third kappa shape index (κ3) is 2.01. The summed E-state index contributed by atoms with van der Waals surface area (Å²) in [5.74, 6) is 0. The van der Waals surface area contributed by atoms with Crippen molar-refractivity contribution in [2.45, 2.75) is 18.9 Å². The summed E-state index contributed by atoms with van der Waals surface area (Å²) in [6.07, 6.45) is 2.20. The molecule has 88 valence electrons. The molecule has 0 atom stereocenters. The Morgan fingerprint density at radius 1 is 0.941 bits per heavy atom. The summed E-state index contributed by atoms with van der Waals surface area (Å²) in [4.78, 5) is 2.46. The number of anilines is 1. The van der Waals surface area contributed by atoms with Gasteiger partial charge in [0, 0.05) is 30.2 Å². The summed E-state index contributed by atoms with van der Waals surface area (Å²) in [6, 6.07) is 15.5. The molecule has 1 fully saturated rings. The first-order chi connectivity index (χ1) is 8.34. The summed E-state index contributed by atoms with van der Waals surface area (Å²) in [6.45, 7) is 2.16. The number of nitrogens with zero attached hydrogens (tertiary/aromatic N) is 1. The van der Waals surface area contributed by atoms with Gasteiger partial charge in [0.25, 0.3) is 0 Å². The molecule has 17 heavy (non-hydrogen) atoms. The van der Waals surface area contributed by atoms with E-state index in [4.69, 9.17) is 5.73 Å². The Labute approximate surface area is 102 Å². The van der Waals surface area contributed by atoms with Crippen molar-refractivity contribution in [2.24, 2.45) is 5.73 Å². The van der Waals surface area contributed by atoms with Crippen LogP contribution in [0.1, 0.15) is 12.8 Å². The van der Waals surface area contributed by atoms with Crippen LogP contribution in [0.3, 0.4) is 0 Å². The Bertz CT molecular complexity index is 508. The lowest BCUT2D eigenvalue weighted by molar-refractivity contribution is 0.502. The average molecular weight is 226 g/mol. The van der Waals surface area contributed by atoms with Gasteiger partial charge >= 0.3 is 0 Å². The van der Waals surface area contributed by atoms with Gasteiger partial charge in [-0.1, -0.05) is 36.4 Å². The molecule has 1 saturated heterocycles. The maximum Gasteiger partial charge on any atom is 0.0445 e. The average Bonchev–Trinajstić information content (AvgIpc) is 2.39. The molecule has 2 heteroatoms. The van der Waals surface area contributed by atoms with Crippen molar-refractivity contribution in [1.82, 2.24) is 0 Å². The van der Waals surface area contributed by atoms with Gasteiger partial charge in [0.15, 0.2) is 0 Å². The van der Waals surface area contributed by atoms with Crippen LogP contribution in [-0.2, 0) is 0 Å². The molecule has 0 aliphatic carbocycles. The predicted octanol–water partition coefficient (Wildman–Crippen LogP) is 2.77. The van der Waals surface area contributed by atoms with E-state index in [2.05, 4.69) is 47.4 Å². The predicted molar refractivity (Wildman–Crippen MR) is 73.4 cm³/mol. The lowest BCUT2D eigenvalue weighted by atomic mass is 10.0. The van der Waals surface area contributed by atoms with Crippen molar-refractivity contribution in [3.63, 3.8) is 0 Å². The van der Waals surface area contributed by atoms with Crippen molar-refractivity contribution in [3.05, 3.63) is 42.5 Å². The molecule has 1 aliphatic heterocycles. The summed E-state index contributed by atoms with van der Waals surface area (Å²) < 4.78 is 0. The largest absolute Gasteiger partial charge is 0.371 e. The first-order valence-corrected chi connectivity index (χ1v) is 6.33. The van der Waals surface area contributed by atoms with Gasteiger partial charge in [-0.15, -0.1) is 0 Å². The molecule has 0 saturated carbocycles. The molecular weight excluding hydrogens is 208 g/mol. The lowest BCUT2D eigenvalue weighted by Crippen LogP contribution is -2.39. The van der Waals surface area contributed by atoms with Crippen molar-refractivity contribution in [1.29, 1.82) is 0 Å². The van der Waals surface area contributed by atoms with E-state index in [1.54, 1.807) is 0 Å². The Balaban J connectivity index is 2.00. The van der Waals surface area contributed by atoms with Gasteiger partial charge in [-0.2, -0.15) is 0 Å². The Morgan fingerprint density at radius 2 is 1.65 bits per heavy atom. The fourth-order valence-corrected chi connectivity index (χ4v) is 2.62. The van der Waals surface area contributed by atoms with Crippen LogP contribution in [-0.4, -0.2) is 19.1 Å². The Morgan fingerprint density at radius 3 is 2.47 bits per heavy atom. The van der Waals surface area contributed by atoms with Crippen LogP contribution < -0.4 is 10.6 Å². The molecule has 0 aromatic heterocycles. The Hall–Kier alpha value is -1.54. The monoisotopic (exact) mass is 226 g/mol. The smallest absolute Gasteiger partial charge is 0.0445 e. The molecule has 3 rings (SSSR count). The van der Waals surface area contributed by atoms with E-state index in [-0.39, 0.29) is 0 Å². The summed E-state index contributed by atoms with van der Waals surface area (Å²) >= 11 is 0. The first kappa shape index (κ1) is 10.6. The van der Waals surface area contributed by atoms with Gasteiger partial charge in [0.2, 0.25) is 0 Å². The minimum atomic E-state index is 0.390. The number of piperidine rings is 1. The number of nitrogens with two attached hydrogens (primary N) is 1. The van der Waals surface area contributed by atoms with E-state index >= 15 is 0 Å². The van der Waals surface area contributed by atoms with Gasteiger partial charge in [-0.05, 0) is 24.3 Å². The second kappa shape index (κ2) is 4.38. The van der Waals surface area contributed by atoms with E-state index in [0.29, 0.717) is 6.04 Å². The molecule has 0 amide bonds. The minimum Gasteiger partial charge on any atom is -0.371 e. The number of rotatable bonds is 1. The van der Waals surface area contributed by atoms with Crippen molar-refractivity contribution in [3.8, 4) is 0 Å². The molecule has 0 radical (unpaired) electrons. The first-order valence-electron chi connectivity index (χ1n) is 6.33. The second-order valence-corrected chi connectivity index (χ2v) is 4.82. The minimum absolute atomic E-state index is 0.390. The molecule has 0 bridgehead atoms. The SMILES string of the molecule is NC1CCN(c2cccc3ccccc23)CC1. The maximum absolute atomic E-state index is 5.96. The highest BCUT2D eigenvalue weighted by molar-refractivity contribution is 5.94. The number of hydrogen-bond acceptors (Lipinski definition) is 2. The quantitative estimate of drug-likeness (QED) is 0.810. The van der Waals surface area contributed by atoms with Crippen LogP contribution in [0.4, 0.5) is 5.69 Å². The summed E-state index contributed by atoms with van der Waals surface area (Å²) in [5.41, 5.74) is 7.32. The lowest BCUT2D eigenvalue weighted by Gasteiger charge is -2.32. The van der Waals surface area contributed by atoms with E-state index in [0.717, 1.165) is 25.9 Å². The fraction of sp³-hybridized carbons (Fsp3) is 0.333. The maximum atomic E-state index is 5.96. The van der Waals surface area contributed by atoms with Crippen molar-refractivity contribution < 1.29 is 0 Å². The van der Waals surface area contributed by atoms with E-state index in [1.165, 1.54) is 16.5 Å². The van der Waals surface area contributed by atoms with Crippen LogP contribution in [0.15, 0.2) is 42.5 Å². The zero-order valence-electron chi connectivity index (χ0n) is 9.97. The van der Waals surface area contributed by atoms with Crippen LogP contribution in [0.2, 0.25) is 0 Å². The Kier molecular flexibility index (Phi) is 2.73. The fourth-order valence-electron chi connectivity index (χ4n) is 2.62. The topological polar surface area (TPSA) is 29.3 Å². The zero-order valence-corrected chi connectivity index (χ0v) is 9.97. The molecular formula is C15H18N2. The highest BCUT2D eigenvalue weighted by Gasteiger charge is 2.17. The molecule has 2 aromatic carbocycles. The molecule has 0 unspecified atom stereocenters. The van der Waals surface area contributed by atoms with Crippen LogP contribution >= 0.6 is 0 Å². The molecule has 0 spiro atoms. The zero-order chi connectivity index (χ0) is 11.7. The molecule has 2 N–H and O–H groups in total.